The highest BCUT2D eigenvalue weighted by Crippen LogP contribution is 2.62. The monoisotopic (exact) mass is 831 g/mol. The van der Waals surface area contributed by atoms with E-state index in [2.05, 4.69) is 196 Å². The Morgan fingerprint density at radius 1 is 0.323 bits per heavy atom. The smallest absolute Gasteiger partial charge is 0.164 e. The highest BCUT2D eigenvalue weighted by Gasteiger charge is 2.53. The van der Waals surface area contributed by atoms with Crippen molar-refractivity contribution in [1.29, 1.82) is 0 Å². The van der Waals surface area contributed by atoms with Gasteiger partial charge in [0, 0.05) is 38.4 Å². The van der Waals surface area contributed by atoms with Crippen LogP contribution in [0.2, 0.25) is 0 Å². The quantitative estimate of drug-likeness (QED) is 0.173. The van der Waals surface area contributed by atoms with E-state index in [0.717, 1.165) is 60.9 Å². The van der Waals surface area contributed by atoms with E-state index in [4.69, 9.17) is 19.4 Å². The maximum absolute atomic E-state index is 6.41. The summed E-state index contributed by atoms with van der Waals surface area (Å²) in [4.78, 5) is 15.7. The summed E-state index contributed by atoms with van der Waals surface area (Å²) in [6.45, 7) is 4.75. The summed E-state index contributed by atoms with van der Waals surface area (Å²) in [7, 11) is 0. The molecule has 2 aliphatic rings. The van der Waals surface area contributed by atoms with E-state index in [9.17, 15) is 0 Å². The third-order valence-corrected chi connectivity index (χ3v) is 14.1. The molecule has 0 fully saturated rings. The number of hydrogen-bond donors (Lipinski definition) is 0. The van der Waals surface area contributed by atoms with E-state index >= 15 is 0 Å². The second kappa shape index (κ2) is 14.2. The molecule has 0 amide bonds. The van der Waals surface area contributed by atoms with Gasteiger partial charge in [-0.1, -0.05) is 214 Å². The first-order valence-electron chi connectivity index (χ1n) is 22.4. The maximum Gasteiger partial charge on any atom is 0.164 e. The Bertz CT molecular complexity index is 3650. The number of aromatic nitrogens is 3. The minimum absolute atomic E-state index is 0.233. The molecule has 0 saturated heterocycles. The van der Waals surface area contributed by atoms with Crippen LogP contribution in [0.1, 0.15) is 47.2 Å². The first-order valence-corrected chi connectivity index (χ1v) is 22.4. The molecule has 0 unspecified atom stereocenters. The van der Waals surface area contributed by atoms with E-state index in [1.165, 1.54) is 44.5 Å². The van der Waals surface area contributed by atoms with Gasteiger partial charge >= 0.3 is 0 Å². The molecule has 2 aromatic heterocycles. The molecule has 0 bridgehead atoms. The van der Waals surface area contributed by atoms with E-state index in [1.54, 1.807) is 0 Å². The Balaban J connectivity index is 0.980. The van der Waals surface area contributed by atoms with Gasteiger partial charge in [0.05, 0.1) is 5.41 Å². The topological polar surface area (TPSA) is 51.8 Å². The van der Waals surface area contributed by atoms with Crippen LogP contribution in [0.5, 0.6) is 0 Å². The number of benzene rings is 9. The van der Waals surface area contributed by atoms with Gasteiger partial charge in [-0.25, -0.2) is 15.0 Å². The second-order valence-corrected chi connectivity index (χ2v) is 17.8. The van der Waals surface area contributed by atoms with Crippen molar-refractivity contribution >= 4 is 21.9 Å². The Kier molecular flexibility index (Phi) is 8.13. The molecule has 1 spiro atoms. The number of rotatable bonds is 5. The number of fused-ring (bicyclic) bond motifs is 12. The van der Waals surface area contributed by atoms with Crippen LogP contribution in [0.15, 0.2) is 217 Å². The van der Waals surface area contributed by atoms with Gasteiger partial charge in [-0.2, -0.15) is 0 Å². The maximum atomic E-state index is 6.41. The molecule has 0 N–H and O–H groups in total. The average molecular weight is 832 g/mol. The van der Waals surface area contributed by atoms with E-state index in [1.807, 2.05) is 30.3 Å². The van der Waals surface area contributed by atoms with Crippen molar-refractivity contribution in [2.45, 2.75) is 24.7 Å². The summed E-state index contributed by atoms with van der Waals surface area (Å²) in [6.07, 6.45) is 0. The summed E-state index contributed by atoms with van der Waals surface area (Å²) >= 11 is 0. The van der Waals surface area contributed by atoms with Gasteiger partial charge in [0.1, 0.15) is 11.2 Å². The summed E-state index contributed by atoms with van der Waals surface area (Å²) in [6, 6.07) is 76.1. The van der Waals surface area contributed by atoms with Gasteiger partial charge in [0.25, 0.3) is 0 Å². The number of para-hydroxylation sites is 2. The van der Waals surface area contributed by atoms with Gasteiger partial charge in [0.15, 0.2) is 17.5 Å². The average Bonchev–Trinajstić information content (AvgIpc) is 3.90. The van der Waals surface area contributed by atoms with Gasteiger partial charge in [-0.3, -0.25) is 0 Å². The Morgan fingerprint density at radius 2 is 0.815 bits per heavy atom. The lowest BCUT2D eigenvalue weighted by molar-refractivity contribution is 0.563. The Hall–Kier alpha value is -8.21. The third-order valence-electron chi connectivity index (χ3n) is 14.1. The molecule has 2 heterocycles. The first kappa shape index (κ1) is 37.4. The van der Waals surface area contributed by atoms with Crippen molar-refractivity contribution in [3.8, 4) is 67.5 Å². The normalized spacial score (nSPS) is 13.9. The molecule has 0 saturated carbocycles. The fourth-order valence-corrected chi connectivity index (χ4v) is 11.1. The molecule has 4 nitrogen and oxygen atoms in total. The molecular weight excluding hydrogens is 791 g/mol. The molecule has 13 rings (SSSR count). The van der Waals surface area contributed by atoms with Crippen molar-refractivity contribution in [1.82, 2.24) is 15.0 Å². The minimum Gasteiger partial charge on any atom is -0.455 e. The molecular formula is C61H41N3O. The van der Waals surface area contributed by atoms with Crippen LogP contribution in [-0.4, -0.2) is 15.0 Å². The molecule has 0 radical (unpaired) electrons. The molecule has 65 heavy (non-hydrogen) atoms. The van der Waals surface area contributed by atoms with E-state index in [-0.39, 0.29) is 5.41 Å². The third kappa shape index (κ3) is 5.47. The van der Waals surface area contributed by atoms with E-state index in [0.29, 0.717) is 17.5 Å². The molecule has 11 aromatic rings. The van der Waals surface area contributed by atoms with Crippen LogP contribution in [-0.2, 0) is 10.8 Å². The van der Waals surface area contributed by atoms with Crippen LogP contribution in [0, 0.1) is 0 Å². The zero-order valence-electron chi connectivity index (χ0n) is 36.0. The van der Waals surface area contributed by atoms with Gasteiger partial charge in [0.2, 0.25) is 0 Å². The zero-order valence-corrected chi connectivity index (χ0v) is 36.0. The van der Waals surface area contributed by atoms with Gasteiger partial charge in [-0.15, -0.1) is 0 Å². The molecule has 306 valence electrons. The standard InChI is InChI=1S/C61H41N3O/c1-60(2)51-28-13-14-29-53(51)61(49-26-11-8-20-44(49)45-21-9-12-27-50(45)61)54-37-41(35-36-52(54)60)42-19-6-7-23-48(42)59-63-57(39-17-4-3-5-18-39)62-58(64-59)40-33-31-38(32-34-40)43-24-16-25-47-46-22-10-15-30-55(46)65-56(43)47/h3-37H,1-2H3. The molecule has 4 heteroatoms. The van der Waals surface area contributed by atoms with Gasteiger partial charge in [-0.05, 0) is 73.3 Å². The number of furan rings is 1. The summed E-state index contributed by atoms with van der Waals surface area (Å²) < 4.78 is 6.41. The highest BCUT2D eigenvalue weighted by molar-refractivity contribution is 6.09. The second-order valence-electron chi connectivity index (χ2n) is 17.8. The van der Waals surface area contributed by atoms with Crippen molar-refractivity contribution in [2.24, 2.45) is 0 Å². The molecule has 9 aromatic carbocycles. The summed E-state index contributed by atoms with van der Waals surface area (Å²) in [5.74, 6) is 1.85. The predicted octanol–water partition coefficient (Wildman–Crippen LogP) is 15.1. The van der Waals surface area contributed by atoms with Crippen LogP contribution in [0.3, 0.4) is 0 Å². The Labute approximate surface area is 377 Å². The van der Waals surface area contributed by atoms with Crippen LogP contribution >= 0.6 is 0 Å². The SMILES string of the molecule is CC1(C)c2ccccc2C2(c3ccccc3-c3ccccc32)c2cc(-c3ccccc3-c3nc(-c4ccccc4)nc(-c4ccc(-c5cccc6c5oc5ccccc56)cc4)n3)ccc21. The minimum atomic E-state index is -0.498. The van der Waals surface area contributed by atoms with Crippen molar-refractivity contribution in [3.05, 3.63) is 246 Å². The highest BCUT2D eigenvalue weighted by atomic mass is 16.3. The van der Waals surface area contributed by atoms with Crippen molar-refractivity contribution < 1.29 is 4.42 Å². The van der Waals surface area contributed by atoms with Crippen molar-refractivity contribution in [3.63, 3.8) is 0 Å². The predicted molar refractivity (Wildman–Crippen MR) is 264 cm³/mol. The zero-order chi connectivity index (χ0) is 43.3. The lowest BCUT2D eigenvalue weighted by atomic mass is 9.55. The lowest BCUT2D eigenvalue weighted by Crippen LogP contribution is -2.40. The fourth-order valence-electron chi connectivity index (χ4n) is 11.1. The molecule has 0 aliphatic heterocycles. The molecule has 2 aliphatic carbocycles. The lowest BCUT2D eigenvalue weighted by Gasteiger charge is -2.47. The summed E-state index contributed by atoms with van der Waals surface area (Å²) in [5, 5.41) is 2.22. The first-order chi connectivity index (χ1) is 32.0. The van der Waals surface area contributed by atoms with Crippen molar-refractivity contribution in [2.75, 3.05) is 0 Å². The number of hydrogen-bond acceptors (Lipinski definition) is 4. The van der Waals surface area contributed by atoms with Crippen LogP contribution in [0.4, 0.5) is 0 Å². The van der Waals surface area contributed by atoms with Crippen LogP contribution in [0.25, 0.3) is 89.5 Å². The fraction of sp³-hybridized carbons (Fsp3) is 0.0656. The van der Waals surface area contributed by atoms with E-state index < -0.39 is 5.41 Å². The van der Waals surface area contributed by atoms with Gasteiger partial charge < -0.3 is 4.42 Å². The summed E-state index contributed by atoms with van der Waals surface area (Å²) in [5.41, 5.74) is 18.7. The number of nitrogens with zero attached hydrogens (tertiary/aromatic N) is 3. The van der Waals surface area contributed by atoms with Crippen LogP contribution < -0.4 is 0 Å². The largest absolute Gasteiger partial charge is 0.455 e. The Morgan fingerprint density at radius 3 is 1.54 bits per heavy atom. The molecule has 0 atom stereocenters.